The number of nitrogens with zero attached hydrogens (tertiary/aromatic N) is 4. The summed E-state index contributed by atoms with van der Waals surface area (Å²) in [4.78, 5) is 56.9. The van der Waals surface area contributed by atoms with E-state index in [2.05, 4.69) is 72.4 Å². The van der Waals surface area contributed by atoms with Gasteiger partial charge in [0.15, 0.2) is 0 Å². The molecule has 4 amide bonds. The smallest absolute Gasteiger partial charge is 0.255 e. The molecule has 2 saturated heterocycles. The highest BCUT2D eigenvalue weighted by atomic mass is 35.5. The zero-order valence-electron chi connectivity index (χ0n) is 32.7. The average Bonchev–Trinajstić information content (AvgIpc) is 3.50. The van der Waals surface area contributed by atoms with Gasteiger partial charge in [0.1, 0.15) is 24.0 Å². The number of benzene rings is 3. The van der Waals surface area contributed by atoms with Crippen molar-refractivity contribution in [3.63, 3.8) is 0 Å². The number of anilines is 1. The van der Waals surface area contributed by atoms with Gasteiger partial charge in [0.2, 0.25) is 11.8 Å². The maximum Gasteiger partial charge on any atom is 0.255 e. The van der Waals surface area contributed by atoms with Crippen LogP contribution in [0.5, 0.6) is 5.75 Å². The van der Waals surface area contributed by atoms with Gasteiger partial charge < -0.3 is 19.9 Å². The number of halogens is 1. The average molecular weight is 779 g/mol. The Morgan fingerprint density at radius 3 is 2.36 bits per heavy atom. The second kappa shape index (κ2) is 15.9. The monoisotopic (exact) mass is 778 g/mol. The van der Waals surface area contributed by atoms with E-state index in [1.54, 1.807) is 23.1 Å². The molecule has 0 radical (unpaired) electrons. The van der Waals surface area contributed by atoms with E-state index in [4.69, 9.17) is 16.3 Å². The van der Waals surface area contributed by atoms with Crippen LogP contribution >= 0.6 is 11.6 Å². The van der Waals surface area contributed by atoms with Gasteiger partial charge in [0.05, 0.1) is 10.6 Å². The first-order valence-electron chi connectivity index (χ1n) is 19.8. The van der Waals surface area contributed by atoms with Crippen molar-refractivity contribution in [2.24, 2.45) is 10.8 Å². The van der Waals surface area contributed by atoms with Crippen LogP contribution in [0.4, 0.5) is 5.69 Å². The predicted molar refractivity (Wildman–Crippen MR) is 215 cm³/mol. The standard InChI is InChI=1S/C44H51ClN6O5/c1-43(2)41(44(3,4)42(43)56-33-15-13-30(26-46)35(45)25-33)48-38(53)29-11-9-28(10-12-29)8-6-5-7-19-49-20-22-50(23-21-49)32-14-16-34-31(24-32)27-51(40(34)55)36-17-18-37(52)47-39(36)54/h9-16,24-25,36,41-42H,5-8,17-23,27H2,1-4H3,(H,48,53)(H,47,52,54)/t36-,41-,42-/m0/s1. The molecule has 12 heteroatoms. The third-order valence-electron chi connectivity index (χ3n) is 12.3. The van der Waals surface area contributed by atoms with Gasteiger partial charge in [-0.1, -0.05) is 57.8 Å². The van der Waals surface area contributed by atoms with E-state index in [0.29, 0.717) is 40.4 Å². The highest BCUT2D eigenvalue weighted by Gasteiger charge is 2.64. The molecule has 294 valence electrons. The van der Waals surface area contributed by atoms with Crippen LogP contribution in [0, 0.1) is 22.2 Å². The molecule has 0 bridgehead atoms. The lowest BCUT2D eigenvalue weighted by molar-refractivity contribution is -0.164. The third-order valence-corrected chi connectivity index (χ3v) is 12.6. The van der Waals surface area contributed by atoms with Crippen molar-refractivity contribution < 1.29 is 23.9 Å². The fourth-order valence-corrected chi connectivity index (χ4v) is 9.67. The Morgan fingerprint density at radius 1 is 0.946 bits per heavy atom. The second-order valence-electron chi connectivity index (χ2n) is 16.9. The Balaban J connectivity index is 0.810. The summed E-state index contributed by atoms with van der Waals surface area (Å²) < 4.78 is 6.37. The van der Waals surface area contributed by atoms with Gasteiger partial charge in [0, 0.05) is 78.9 Å². The van der Waals surface area contributed by atoms with E-state index in [1.807, 2.05) is 24.3 Å². The van der Waals surface area contributed by atoms with Gasteiger partial charge in [-0.3, -0.25) is 29.4 Å². The topological polar surface area (TPSA) is 135 Å². The number of imide groups is 1. The summed E-state index contributed by atoms with van der Waals surface area (Å²) in [6, 6.07) is 20.4. The fraction of sp³-hybridized carbons (Fsp3) is 0.477. The van der Waals surface area contributed by atoms with Gasteiger partial charge in [0.25, 0.3) is 11.8 Å². The van der Waals surface area contributed by atoms with Crippen molar-refractivity contribution in [2.45, 2.75) is 91.0 Å². The van der Waals surface area contributed by atoms with Crippen molar-refractivity contribution in [3.8, 4) is 11.8 Å². The minimum atomic E-state index is -0.599. The molecule has 11 nitrogen and oxygen atoms in total. The lowest BCUT2D eigenvalue weighted by Gasteiger charge is -2.63. The summed E-state index contributed by atoms with van der Waals surface area (Å²) in [5.41, 5.74) is 4.30. The number of carbonyl (C=O) groups is 4. The Hall–Kier alpha value is -4.92. The minimum absolute atomic E-state index is 0.0923. The number of unbranched alkanes of at least 4 members (excludes halogenated alkanes) is 2. The van der Waals surface area contributed by atoms with E-state index in [1.165, 1.54) is 5.56 Å². The number of piperazine rings is 1. The summed E-state index contributed by atoms with van der Waals surface area (Å²) in [6.07, 6.45) is 4.78. The SMILES string of the molecule is CC1(C)[C@H](NC(=O)c2ccc(CCCCCN3CCN(c4ccc5c(c4)CN([C@H]4CCC(=O)NC4=O)C5=O)CC3)cc2)C(C)(C)[C@H]1Oc1ccc(C#N)c(Cl)c1. The largest absolute Gasteiger partial charge is 0.489 e. The van der Waals surface area contributed by atoms with E-state index in [-0.39, 0.29) is 53.0 Å². The molecule has 1 saturated carbocycles. The maximum absolute atomic E-state index is 13.4. The molecule has 7 rings (SSSR count). The van der Waals surface area contributed by atoms with Crippen LogP contribution in [0.25, 0.3) is 0 Å². The Morgan fingerprint density at radius 2 is 1.68 bits per heavy atom. The molecular formula is C44H51ClN6O5. The summed E-state index contributed by atoms with van der Waals surface area (Å²) in [5, 5.41) is 15.2. The molecule has 3 aromatic rings. The van der Waals surface area contributed by atoms with Gasteiger partial charge in [-0.15, -0.1) is 0 Å². The van der Waals surface area contributed by atoms with Gasteiger partial charge in [-0.05, 0) is 85.8 Å². The van der Waals surface area contributed by atoms with Crippen LogP contribution < -0.4 is 20.3 Å². The van der Waals surface area contributed by atoms with Crippen LogP contribution in [-0.2, 0) is 22.6 Å². The van der Waals surface area contributed by atoms with Crippen LogP contribution in [0.2, 0.25) is 5.02 Å². The molecule has 1 aliphatic carbocycles. The highest BCUT2D eigenvalue weighted by Crippen LogP contribution is 2.55. The first-order valence-corrected chi connectivity index (χ1v) is 20.1. The quantitative estimate of drug-likeness (QED) is 0.166. The molecular weight excluding hydrogens is 728 g/mol. The lowest BCUT2D eigenvalue weighted by atomic mass is 9.49. The summed E-state index contributed by atoms with van der Waals surface area (Å²) in [7, 11) is 0. The maximum atomic E-state index is 13.4. The number of nitriles is 1. The molecule has 4 aliphatic rings. The van der Waals surface area contributed by atoms with E-state index in [9.17, 15) is 24.4 Å². The first-order chi connectivity index (χ1) is 26.8. The molecule has 0 unspecified atom stereocenters. The molecule has 56 heavy (non-hydrogen) atoms. The summed E-state index contributed by atoms with van der Waals surface area (Å²) >= 11 is 6.24. The van der Waals surface area contributed by atoms with Gasteiger partial charge in [-0.25, -0.2) is 0 Å². The Labute approximate surface area is 334 Å². The van der Waals surface area contributed by atoms with Crippen molar-refractivity contribution in [3.05, 3.63) is 93.5 Å². The molecule has 2 N–H and O–H groups in total. The Kier molecular flexibility index (Phi) is 11.2. The lowest BCUT2D eigenvalue weighted by Crippen LogP contribution is -2.74. The zero-order chi connectivity index (χ0) is 39.8. The number of rotatable bonds is 12. The second-order valence-corrected chi connectivity index (χ2v) is 17.3. The van der Waals surface area contributed by atoms with E-state index in [0.717, 1.165) is 69.7 Å². The third kappa shape index (κ3) is 7.87. The zero-order valence-corrected chi connectivity index (χ0v) is 33.5. The number of piperidine rings is 1. The molecule has 3 heterocycles. The molecule has 1 atom stereocenters. The molecule has 3 fully saturated rings. The molecule has 3 aliphatic heterocycles. The number of amides is 4. The van der Waals surface area contributed by atoms with Crippen molar-refractivity contribution in [1.29, 1.82) is 5.26 Å². The van der Waals surface area contributed by atoms with Gasteiger partial charge >= 0.3 is 0 Å². The first kappa shape index (κ1) is 39.3. The number of ether oxygens (including phenoxy) is 1. The van der Waals surface area contributed by atoms with Crippen molar-refractivity contribution in [1.82, 2.24) is 20.4 Å². The number of aryl methyl sites for hydroxylation is 1. The van der Waals surface area contributed by atoms with Crippen LogP contribution in [0.15, 0.2) is 60.7 Å². The van der Waals surface area contributed by atoms with E-state index >= 15 is 0 Å². The number of carbonyl (C=O) groups excluding carboxylic acids is 4. The number of fused-ring (bicyclic) bond motifs is 1. The van der Waals surface area contributed by atoms with E-state index < -0.39 is 6.04 Å². The predicted octanol–water partition coefficient (Wildman–Crippen LogP) is 6.12. The van der Waals surface area contributed by atoms with Gasteiger partial charge in [-0.2, -0.15) is 5.26 Å². The fourth-order valence-electron chi connectivity index (χ4n) is 9.46. The number of hydrogen-bond donors (Lipinski definition) is 2. The Bertz CT molecular complexity index is 2030. The van der Waals surface area contributed by atoms with Crippen molar-refractivity contribution >= 4 is 40.9 Å². The van der Waals surface area contributed by atoms with Crippen LogP contribution in [-0.4, -0.2) is 84.3 Å². The van der Waals surface area contributed by atoms with Crippen molar-refractivity contribution in [2.75, 3.05) is 37.6 Å². The minimum Gasteiger partial charge on any atom is -0.489 e. The van der Waals surface area contributed by atoms with Crippen LogP contribution in [0.3, 0.4) is 0 Å². The molecule has 0 aromatic heterocycles. The normalized spacial score (nSPS) is 22.9. The highest BCUT2D eigenvalue weighted by molar-refractivity contribution is 6.31. The molecule has 0 spiro atoms. The van der Waals surface area contributed by atoms with Crippen LogP contribution in [0.1, 0.15) is 97.2 Å². The summed E-state index contributed by atoms with van der Waals surface area (Å²) in [5.74, 6) is -0.291. The molecule has 3 aromatic carbocycles. The number of nitrogens with one attached hydrogen (secondary N) is 2. The summed E-state index contributed by atoms with van der Waals surface area (Å²) in [6.45, 7) is 13.7. The number of hydrogen-bond acceptors (Lipinski definition) is 8.